The molecule has 1 aromatic heterocycles. The zero-order valence-corrected chi connectivity index (χ0v) is 13.8. The molecule has 0 N–H and O–H groups in total. The lowest BCUT2D eigenvalue weighted by Crippen LogP contribution is -2.50. The van der Waals surface area contributed by atoms with Crippen molar-refractivity contribution in [1.29, 1.82) is 0 Å². The summed E-state index contributed by atoms with van der Waals surface area (Å²) in [5, 5.41) is 0.384. The molecule has 0 saturated carbocycles. The molecule has 0 aliphatic carbocycles. The third-order valence-corrected chi connectivity index (χ3v) is 5.53. The largest absolute Gasteiger partial charge is 0.476 e. The normalized spacial score (nSPS) is 32.6. The van der Waals surface area contributed by atoms with Crippen molar-refractivity contribution in [3.63, 3.8) is 0 Å². The number of halogens is 1. The minimum absolute atomic E-state index is 0.384. The van der Waals surface area contributed by atoms with Crippen molar-refractivity contribution in [1.82, 2.24) is 14.9 Å². The molecule has 2 bridgehead atoms. The first-order valence-corrected chi connectivity index (χ1v) is 8.26. The van der Waals surface area contributed by atoms with E-state index in [1.54, 1.807) is 6.20 Å². The van der Waals surface area contributed by atoms with Crippen LogP contribution in [0.5, 0.6) is 5.88 Å². The average molecular weight is 310 g/mol. The van der Waals surface area contributed by atoms with Gasteiger partial charge in [0, 0.05) is 18.0 Å². The van der Waals surface area contributed by atoms with Crippen LogP contribution in [0.3, 0.4) is 0 Å². The number of hydrogen-bond acceptors (Lipinski definition) is 4. The molecule has 4 nitrogen and oxygen atoms in total. The average Bonchev–Trinajstić information content (AvgIpc) is 2.69. The van der Waals surface area contributed by atoms with E-state index < -0.39 is 0 Å². The lowest BCUT2D eigenvalue weighted by atomic mass is 9.74. The molecular weight excluding hydrogens is 286 g/mol. The maximum absolute atomic E-state index is 5.92. The van der Waals surface area contributed by atoms with Gasteiger partial charge in [-0.05, 0) is 38.1 Å². The summed E-state index contributed by atoms with van der Waals surface area (Å²) in [6.45, 7) is 5.38. The summed E-state index contributed by atoms with van der Waals surface area (Å²) in [7, 11) is 2.27. The Kier molecular flexibility index (Phi) is 4.36. The maximum Gasteiger partial charge on any atom is 0.233 e. The Hall–Kier alpha value is -0.870. The van der Waals surface area contributed by atoms with Gasteiger partial charge in [-0.25, -0.2) is 0 Å². The van der Waals surface area contributed by atoms with E-state index in [0.29, 0.717) is 35.5 Å². The molecule has 4 atom stereocenters. The predicted molar refractivity (Wildman–Crippen MR) is 83.5 cm³/mol. The van der Waals surface area contributed by atoms with Crippen LogP contribution < -0.4 is 4.74 Å². The van der Waals surface area contributed by atoms with Crippen molar-refractivity contribution in [2.24, 2.45) is 17.8 Å². The van der Waals surface area contributed by atoms with Crippen molar-refractivity contribution < 1.29 is 4.74 Å². The van der Waals surface area contributed by atoms with Gasteiger partial charge in [-0.15, -0.1) is 0 Å². The molecule has 3 heterocycles. The molecule has 0 radical (unpaired) electrons. The molecule has 0 amide bonds. The van der Waals surface area contributed by atoms with Crippen molar-refractivity contribution in [3.8, 4) is 5.88 Å². The Balaban J connectivity index is 1.71. The Bertz CT molecular complexity index is 496. The molecular formula is C16H24ClN3O. The fraction of sp³-hybridized carbons (Fsp3) is 0.750. The van der Waals surface area contributed by atoms with Crippen molar-refractivity contribution >= 4 is 11.6 Å². The summed E-state index contributed by atoms with van der Waals surface area (Å²) in [5.41, 5.74) is 0. The molecule has 0 aromatic carbocycles. The summed E-state index contributed by atoms with van der Waals surface area (Å²) < 4.78 is 5.92. The van der Waals surface area contributed by atoms with Gasteiger partial charge in [0.2, 0.25) is 5.88 Å². The van der Waals surface area contributed by atoms with Crippen LogP contribution in [0.1, 0.15) is 33.1 Å². The first-order valence-electron chi connectivity index (χ1n) is 7.88. The molecule has 2 aliphatic rings. The molecule has 0 spiro atoms. The van der Waals surface area contributed by atoms with Gasteiger partial charge in [0.05, 0.1) is 19.0 Å². The Morgan fingerprint density at radius 3 is 2.90 bits per heavy atom. The maximum atomic E-state index is 5.92. The molecule has 3 rings (SSSR count). The summed E-state index contributed by atoms with van der Waals surface area (Å²) in [5.74, 6) is 2.52. The van der Waals surface area contributed by atoms with Crippen LogP contribution in [-0.2, 0) is 0 Å². The smallest absolute Gasteiger partial charge is 0.233 e. The number of piperidine rings is 1. The van der Waals surface area contributed by atoms with Crippen LogP contribution in [0.25, 0.3) is 0 Å². The Morgan fingerprint density at radius 2 is 2.19 bits per heavy atom. The van der Waals surface area contributed by atoms with Crippen LogP contribution in [0.4, 0.5) is 0 Å². The summed E-state index contributed by atoms with van der Waals surface area (Å²) in [6.07, 6.45) is 7.08. The van der Waals surface area contributed by atoms with E-state index in [-0.39, 0.29) is 0 Å². The van der Waals surface area contributed by atoms with Crippen LogP contribution in [0.2, 0.25) is 5.15 Å². The number of rotatable bonds is 4. The third kappa shape index (κ3) is 3.02. The number of fused-ring (bicyclic) bond motifs is 2. The summed E-state index contributed by atoms with van der Waals surface area (Å²) >= 11 is 5.87. The van der Waals surface area contributed by atoms with E-state index in [9.17, 15) is 0 Å². The van der Waals surface area contributed by atoms with E-state index in [4.69, 9.17) is 16.3 Å². The monoisotopic (exact) mass is 309 g/mol. The lowest BCUT2D eigenvalue weighted by Gasteiger charge is -2.44. The Labute approximate surface area is 131 Å². The Morgan fingerprint density at radius 1 is 1.38 bits per heavy atom. The lowest BCUT2D eigenvalue weighted by molar-refractivity contribution is 0.0171. The molecule has 21 heavy (non-hydrogen) atoms. The van der Waals surface area contributed by atoms with E-state index in [2.05, 4.69) is 35.8 Å². The van der Waals surface area contributed by atoms with Gasteiger partial charge in [-0.3, -0.25) is 4.98 Å². The van der Waals surface area contributed by atoms with E-state index >= 15 is 0 Å². The zero-order chi connectivity index (χ0) is 15.0. The van der Waals surface area contributed by atoms with Gasteiger partial charge in [-0.1, -0.05) is 25.4 Å². The van der Waals surface area contributed by atoms with Gasteiger partial charge in [0.15, 0.2) is 5.15 Å². The molecule has 1 aromatic rings. The second kappa shape index (κ2) is 6.09. The molecule has 2 fully saturated rings. The topological polar surface area (TPSA) is 38.3 Å². The summed E-state index contributed by atoms with van der Waals surface area (Å²) in [4.78, 5) is 10.8. The number of aromatic nitrogens is 2. The minimum atomic E-state index is 0.384. The molecule has 5 heteroatoms. The van der Waals surface area contributed by atoms with Crippen LogP contribution in [-0.4, -0.2) is 40.6 Å². The van der Waals surface area contributed by atoms with Crippen LogP contribution >= 0.6 is 11.6 Å². The number of ether oxygens (including phenoxy) is 1. The second-order valence-corrected chi connectivity index (χ2v) is 7.15. The SMILES string of the molecule is CC(C)[C@@H]1CC2CCC([C@@H]1COc1cncc(Cl)n1)N2C. The minimum Gasteiger partial charge on any atom is -0.476 e. The molecule has 2 saturated heterocycles. The third-order valence-electron chi connectivity index (χ3n) is 5.35. The van der Waals surface area contributed by atoms with Crippen LogP contribution in [0, 0.1) is 17.8 Å². The van der Waals surface area contributed by atoms with Crippen molar-refractivity contribution in [2.75, 3.05) is 13.7 Å². The van der Waals surface area contributed by atoms with Gasteiger partial charge >= 0.3 is 0 Å². The number of nitrogens with zero attached hydrogens (tertiary/aromatic N) is 3. The van der Waals surface area contributed by atoms with Crippen molar-refractivity contribution in [3.05, 3.63) is 17.5 Å². The zero-order valence-electron chi connectivity index (χ0n) is 13.0. The van der Waals surface area contributed by atoms with E-state index in [0.717, 1.165) is 12.0 Å². The van der Waals surface area contributed by atoms with Gasteiger partial charge < -0.3 is 9.64 Å². The van der Waals surface area contributed by atoms with Gasteiger partial charge in [0.1, 0.15) is 0 Å². The van der Waals surface area contributed by atoms with Gasteiger partial charge in [-0.2, -0.15) is 4.98 Å². The summed E-state index contributed by atoms with van der Waals surface area (Å²) in [6, 6.07) is 1.41. The highest BCUT2D eigenvalue weighted by molar-refractivity contribution is 6.29. The molecule has 116 valence electrons. The van der Waals surface area contributed by atoms with Crippen molar-refractivity contribution in [2.45, 2.75) is 45.2 Å². The first kappa shape index (κ1) is 15.0. The van der Waals surface area contributed by atoms with E-state index in [1.165, 1.54) is 25.5 Å². The van der Waals surface area contributed by atoms with Crippen LogP contribution in [0.15, 0.2) is 12.4 Å². The van der Waals surface area contributed by atoms with E-state index in [1.807, 2.05) is 0 Å². The highest BCUT2D eigenvalue weighted by Crippen LogP contribution is 2.44. The quantitative estimate of drug-likeness (QED) is 0.855. The predicted octanol–water partition coefficient (Wildman–Crippen LogP) is 3.26. The highest BCUT2D eigenvalue weighted by atomic mass is 35.5. The van der Waals surface area contributed by atoms with Gasteiger partial charge in [0.25, 0.3) is 0 Å². The highest BCUT2D eigenvalue weighted by Gasteiger charge is 2.46. The molecule has 2 unspecified atom stereocenters. The number of hydrogen-bond donors (Lipinski definition) is 0. The fourth-order valence-corrected chi connectivity index (χ4v) is 4.33. The standard InChI is InChI=1S/C16H24ClN3O/c1-10(2)12-6-11-4-5-14(20(11)3)13(12)9-21-16-8-18-7-15(17)19-16/h7-8,10-14H,4-6,9H2,1-3H3/t11?,12-,13+,14?/m0/s1. The second-order valence-electron chi connectivity index (χ2n) is 6.76. The fourth-order valence-electron chi connectivity index (χ4n) is 4.19. The first-order chi connectivity index (χ1) is 10.1. The molecule has 2 aliphatic heterocycles.